The van der Waals surface area contributed by atoms with Gasteiger partial charge >= 0.3 is 11.7 Å². The molecule has 0 aliphatic carbocycles. The van der Waals surface area contributed by atoms with E-state index >= 15 is 0 Å². The molecule has 1 amide bonds. The summed E-state index contributed by atoms with van der Waals surface area (Å²) in [6, 6.07) is 2.56. The first-order chi connectivity index (χ1) is 10.1. The molecule has 0 radical (unpaired) electrons. The van der Waals surface area contributed by atoms with Crippen LogP contribution in [0.25, 0.3) is 0 Å². The van der Waals surface area contributed by atoms with Gasteiger partial charge in [0.2, 0.25) is 9.61 Å². The highest BCUT2D eigenvalue weighted by Gasteiger charge is 2.22. The number of rotatable bonds is 5. The summed E-state index contributed by atoms with van der Waals surface area (Å²) in [7, 11) is 0. The van der Waals surface area contributed by atoms with Crippen LogP contribution in [0, 0.1) is 15.9 Å². The second-order valence-electron chi connectivity index (χ2n) is 3.88. The average Bonchev–Trinajstić information content (AvgIpc) is 2.41. The Bertz CT molecular complexity index is 606. The molecule has 1 aromatic carbocycles. The molecule has 1 aromatic rings. The van der Waals surface area contributed by atoms with Crippen molar-refractivity contribution in [2.75, 3.05) is 13.2 Å². The lowest BCUT2D eigenvalue weighted by molar-refractivity contribution is -0.387. The standard InChI is InChI=1S/C11H8Cl3FN2O5/c12-11(13,14)5-22-9(18)4-16-10(19)6-1-2-8(17(20)21)7(15)3-6/h1-3H,4-5H2,(H,16,19). The number of nitro benzene ring substituents is 1. The molecule has 1 rings (SSSR count). The Morgan fingerprint density at radius 3 is 2.50 bits per heavy atom. The Kier molecular flexibility index (Phi) is 6.34. The number of benzene rings is 1. The fraction of sp³-hybridized carbons (Fsp3) is 0.273. The van der Waals surface area contributed by atoms with Gasteiger partial charge in [-0.1, -0.05) is 34.8 Å². The third kappa shape index (κ3) is 6.00. The van der Waals surface area contributed by atoms with Crippen molar-refractivity contribution in [3.8, 4) is 0 Å². The number of nitrogens with one attached hydrogen (secondary N) is 1. The van der Waals surface area contributed by atoms with Gasteiger partial charge in [-0.25, -0.2) is 0 Å². The zero-order valence-corrected chi connectivity index (χ0v) is 12.9. The molecule has 7 nitrogen and oxygen atoms in total. The van der Waals surface area contributed by atoms with E-state index in [4.69, 9.17) is 34.8 Å². The Balaban J connectivity index is 2.57. The normalized spacial score (nSPS) is 10.9. The molecule has 11 heteroatoms. The Morgan fingerprint density at radius 2 is 2.00 bits per heavy atom. The van der Waals surface area contributed by atoms with Crippen molar-refractivity contribution < 1.29 is 23.6 Å². The summed E-state index contributed by atoms with van der Waals surface area (Å²) in [4.78, 5) is 32.4. The average molecular weight is 374 g/mol. The van der Waals surface area contributed by atoms with Gasteiger partial charge in [-0.3, -0.25) is 19.7 Å². The van der Waals surface area contributed by atoms with Gasteiger partial charge in [-0.05, 0) is 12.1 Å². The lowest BCUT2D eigenvalue weighted by Gasteiger charge is -2.11. The molecule has 0 aliphatic rings. The number of esters is 1. The van der Waals surface area contributed by atoms with Crippen molar-refractivity contribution in [1.29, 1.82) is 0 Å². The van der Waals surface area contributed by atoms with E-state index in [9.17, 15) is 24.1 Å². The van der Waals surface area contributed by atoms with Crippen molar-refractivity contribution in [2.45, 2.75) is 3.79 Å². The highest BCUT2D eigenvalue weighted by Crippen LogP contribution is 2.25. The predicted molar refractivity (Wildman–Crippen MR) is 76.6 cm³/mol. The Morgan fingerprint density at radius 1 is 1.36 bits per heavy atom. The minimum Gasteiger partial charge on any atom is -0.460 e. The topological polar surface area (TPSA) is 98.5 Å². The van der Waals surface area contributed by atoms with Gasteiger partial charge in [-0.15, -0.1) is 0 Å². The fourth-order valence-electron chi connectivity index (χ4n) is 1.26. The van der Waals surface area contributed by atoms with Gasteiger partial charge in [0.1, 0.15) is 13.2 Å². The van der Waals surface area contributed by atoms with E-state index in [1.807, 2.05) is 0 Å². The number of ether oxygens (including phenoxy) is 1. The van der Waals surface area contributed by atoms with Crippen LogP contribution in [-0.4, -0.2) is 33.7 Å². The van der Waals surface area contributed by atoms with Crippen molar-refractivity contribution in [3.63, 3.8) is 0 Å². The monoisotopic (exact) mass is 372 g/mol. The first-order valence-electron chi connectivity index (χ1n) is 5.54. The highest BCUT2D eigenvalue weighted by molar-refractivity contribution is 6.67. The summed E-state index contributed by atoms with van der Waals surface area (Å²) in [5.74, 6) is -2.86. The minimum atomic E-state index is -1.78. The third-order valence-electron chi connectivity index (χ3n) is 2.20. The maximum atomic E-state index is 13.4. The number of carbonyl (C=O) groups is 2. The van der Waals surface area contributed by atoms with Crippen LogP contribution in [0.3, 0.4) is 0 Å². The lowest BCUT2D eigenvalue weighted by atomic mass is 10.2. The molecule has 0 saturated heterocycles. The fourth-order valence-corrected chi connectivity index (χ4v) is 1.43. The van der Waals surface area contributed by atoms with E-state index in [2.05, 4.69) is 10.1 Å². The summed E-state index contributed by atoms with van der Waals surface area (Å²) >= 11 is 16.1. The van der Waals surface area contributed by atoms with Crippen LogP contribution in [0.2, 0.25) is 0 Å². The van der Waals surface area contributed by atoms with E-state index in [-0.39, 0.29) is 5.56 Å². The summed E-state index contributed by atoms with van der Waals surface area (Å²) in [6.45, 7) is -1.04. The van der Waals surface area contributed by atoms with Crippen LogP contribution in [0.4, 0.5) is 10.1 Å². The minimum absolute atomic E-state index is 0.197. The predicted octanol–water partition coefficient (Wildman–Crippen LogP) is 2.38. The SMILES string of the molecule is O=C(CNC(=O)c1ccc([N+](=O)[O-])c(F)c1)OCC(Cl)(Cl)Cl. The van der Waals surface area contributed by atoms with Gasteiger partial charge in [0, 0.05) is 11.6 Å². The molecular formula is C11H8Cl3FN2O5. The molecule has 0 aliphatic heterocycles. The van der Waals surface area contributed by atoms with Crippen LogP contribution in [-0.2, 0) is 9.53 Å². The van der Waals surface area contributed by atoms with Gasteiger partial charge in [0.05, 0.1) is 4.92 Å². The van der Waals surface area contributed by atoms with Gasteiger partial charge in [-0.2, -0.15) is 4.39 Å². The molecule has 0 unspecified atom stereocenters. The molecule has 1 N–H and O–H groups in total. The molecule has 0 spiro atoms. The lowest BCUT2D eigenvalue weighted by Crippen LogP contribution is -2.32. The van der Waals surface area contributed by atoms with Crippen LogP contribution in [0.5, 0.6) is 0 Å². The molecule has 22 heavy (non-hydrogen) atoms. The van der Waals surface area contributed by atoms with Crippen molar-refractivity contribution in [3.05, 3.63) is 39.7 Å². The van der Waals surface area contributed by atoms with E-state index in [0.29, 0.717) is 6.07 Å². The number of alkyl halides is 3. The zero-order valence-electron chi connectivity index (χ0n) is 10.6. The van der Waals surface area contributed by atoms with Gasteiger partial charge < -0.3 is 10.1 Å². The number of halogens is 4. The van der Waals surface area contributed by atoms with Crippen LogP contribution < -0.4 is 5.32 Å². The number of nitrogens with zero attached hydrogens (tertiary/aromatic N) is 1. The van der Waals surface area contributed by atoms with E-state index in [0.717, 1.165) is 12.1 Å². The number of nitro groups is 1. The molecule has 0 aromatic heterocycles. The van der Waals surface area contributed by atoms with Gasteiger partial charge in [0.25, 0.3) is 5.91 Å². The second kappa shape index (κ2) is 7.57. The Hall–Kier alpha value is -1.64. The van der Waals surface area contributed by atoms with E-state index in [1.54, 1.807) is 0 Å². The first kappa shape index (κ1) is 18.4. The summed E-state index contributed by atoms with van der Waals surface area (Å²) < 4.78 is 16.1. The van der Waals surface area contributed by atoms with Gasteiger partial charge in [0.15, 0.2) is 0 Å². The largest absolute Gasteiger partial charge is 0.460 e. The molecule has 0 saturated carbocycles. The summed E-state index contributed by atoms with van der Waals surface area (Å²) in [5, 5.41) is 12.6. The quantitative estimate of drug-likeness (QED) is 0.370. The zero-order chi connectivity index (χ0) is 16.9. The molecule has 0 fully saturated rings. The third-order valence-corrected chi connectivity index (χ3v) is 2.52. The number of amides is 1. The smallest absolute Gasteiger partial charge is 0.325 e. The summed E-state index contributed by atoms with van der Waals surface area (Å²) in [5.41, 5.74) is -0.962. The van der Waals surface area contributed by atoms with E-state index in [1.165, 1.54) is 0 Å². The number of hydrogen-bond donors (Lipinski definition) is 1. The molecule has 0 bridgehead atoms. The molecular weight excluding hydrogens is 365 g/mol. The Labute approximate surface area is 138 Å². The van der Waals surface area contributed by atoms with Crippen LogP contribution >= 0.6 is 34.8 Å². The van der Waals surface area contributed by atoms with Crippen molar-refractivity contribution in [1.82, 2.24) is 5.32 Å². The second-order valence-corrected chi connectivity index (χ2v) is 6.40. The number of hydrogen-bond acceptors (Lipinski definition) is 5. The van der Waals surface area contributed by atoms with Crippen molar-refractivity contribution >= 4 is 52.4 Å². The molecule has 120 valence electrons. The first-order valence-corrected chi connectivity index (χ1v) is 6.68. The molecule has 0 heterocycles. The maximum Gasteiger partial charge on any atom is 0.325 e. The maximum absolute atomic E-state index is 13.4. The van der Waals surface area contributed by atoms with Crippen LogP contribution in [0.15, 0.2) is 18.2 Å². The summed E-state index contributed by atoms with van der Waals surface area (Å²) in [6.07, 6.45) is 0. The molecule has 0 atom stereocenters. The number of carbonyl (C=O) groups excluding carboxylic acids is 2. The highest BCUT2D eigenvalue weighted by atomic mass is 35.6. The van der Waals surface area contributed by atoms with Crippen LogP contribution in [0.1, 0.15) is 10.4 Å². The van der Waals surface area contributed by atoms with E-state index < -0.39 is 45.2 Å². The van der Waals surface area contributed by atoms with Crippen molar-refractivity contribution in [2.24, 2.45) is 0 Å².